The zero-order valence-electron chi connectivity index (χ0n) is 7.37. The molecule has 1 aromatic heterocycles. The Morgan fingerprint density at radius 2 is 1.87 bits per heavy atom. The molecule has 15 heavy (non-hydrogen) atoms. The summed E-state index contributed by atoms with van der Waals surface area (Å²) < 4.78 is 61.8. The van der Waals surface area contributed by atoms with Gasteiger partial charge in [0.25, 0.3) is 6.43 Å². The largest absolute Gasteiger partial charge is 0.417 e. The molecule has 0 aliphatic carbocycles. The highest BCUT2D eigenvalue weighted by atomic mass is 79.9. The minimum atomic E-state index is -4.80. The van der Waals surface area contributed by atoms with Crippen molar-refractivity contribution < 1.29 is 22.0 Å². The van der Waals surface area contributed by atoms with Gasteiger partial charge in [-0.3, -0.25) is 0 Å². The number of rotatable bonds is 1. The molecule has 0 spiro atoms. The molecular weight excluding hydrogens is 285 g/mol. The van der Waals surface area contributed by atoms with Crippen LogP contribution >= 0.6 is 15.9 Å². The SMILES string of the molecule is Cc1cnc(Br)c(C(F)F)c1C(F)(F)F. The van der Waals surface area contributed by atoms with Gasteiger partial charge in [-0.25, -0.2) is 13.8 Å². The van der Waals surface area contributed by atoms with E-state index >= 15 is 0 Å². The highest BCUT2D eigenvalue weighted by Gasteiger charge is 2.38. The van der Waals surface area contributed by atoms with Gasteiger partial charge >= 0.3 is 6.18 Å². The van der Waals surface area contributed by atoms with Crippen molar-refractivity contribution in [2.75, 3.05) is 0 Å². The molecule has 0 N–H and O–H groups in total. The molecule has 1 heterocycles. The third-order valence-electron chi connectivity index (χ3n) is 1.76. The lowest BCUT2D eigenvalue weighted by Gasteiger charge is -2.15. The summed E-state index contributed by atoms with van der Waals surface area (Å²) in [5.74, 6) is 0. The van der Waals surface area contributed by atoms with E-state index in [1.165, 1.54) is 0 Å². The summed E-state index contributed by atoms with van der Waals surface area (Å²) >= 11 is 2.58. The number of halogens is 6. The molecule has 84 valence electrons. The maximum Gasteiger partial charge on any atom is 0.417 e. The van der Waals surface area contributed by atoms with E-state index in [0.717, 1.165) is 13.1 Å². The molecule has 0 fully saturated rings. The highest BCUT2D eigenvalue weighted by molar-refractivity contribution is 9.10. The Kier molecular flexibility index (Phi) is 3.32. The lowest BCUT2D eigenvalue weighted by molar-refractivity contribution is -0.140. The highest BCUT2D eigenvalue weighted by Crippen LogP contribution is 2.40. The van der Waals surface area contributed by atoms with Crippen molar-refractivity contribution >= 4 is 15.9 Å². The Hall–Kier alpha value is -0.720. The van der Waals surface area contributed by atoms with E-state index in [9.17, 15) is 22.0 Å². The lowest BCUT2D eigenvalue weighted by Crippen LogP contribution is -2.13. The van der Waals surface area contributed by atoms with Gasteiger partial charge in [0.15, 0.2) is 0 Å². The van der Waals surface area contributed by atoms with Crippen LogP contribution in [-0.2, 0) is 6.18 Å². The van der Waals surface area contributed by atoms with Crippen molar-refractivity contribution in [2.24, 2.45) is 0 Å². The fraction of sp³-hybridized carbons (Fsp3) is 0.375. The van der Waals surface area contributed by atoms with E-state index < -0.39 is 28.3 Å². The van der Waals surface area contributed by atoms with Gasteiger partial charge in [0.2, 0.25) is 0 Å². The number of aryl methyl sites for hydroxylation is 1. The third kappa shape index (κ3) is 2.45. The van der Waals surface area contributed by atoms with Crippen LogP contribution < -0.4 is 0 Å². The van der Waals surface area contributed by atoms with E-state index in [1.807, 2.05) is 0 Å². The average Bonchev–Trinajstić information content (AvgIpc) is 2.05. The van der Waals surface area contributed by atoms with Crippen LogP contribution in [0.25, 0.3) is 0 Å². The fourth-order valence-electron chi connectivity index (χ4n) is 1.18. The van der Waals surface area contributed by atoms with Crippen molar-refractivity contribution in [3.8, 4) is 0 Å². The van der Waals surface area contributed by atoms with Crippen LogP contribution in [0.4, 0.5) is 22.0 Å². The second-order valence-electron chi connectivity index (χ2n) is 2.82. The molecule has 0 saturated carbocycles. The molecule has 0 amide bonds. The summed E-state index contributed by atoms with van der Waals surface area (Å²) in [4.78, 5) is 3.41. The second-order valence-corrected chi connectivity index (χ2v) is 3.57. The molecule has 0 atom stereocenters. The number of hydrogen-bond donors (Lipinski definition) is 0. The molecule has 0 bridgehead atoms. The van der Waals surface area contributed by atoms with Crippen LogP contribution in [0.3, 0.4) is 0 Å². The molecule has 1 rings (SSSR count). The molecule has 0 aliphatic rings. The van der Waals surface area contributed by atoms with Gasteiger partial charge in [-0.2, -0.15) is 13.2 Å². The van der Waals surface area contributed by atoms with Gasteiger partial charge in [-0.1, -0.05) is 0 Å². The zero-order chi connectivity index (χ0) is 11.8. The molecule has 0 aliphatic heterocycles. The number of nitrogens with zero attached hydrogens (tertiary/aromatic N) is 1. The molecule has 1 aromatic rings. The smallest absolute Gasteiger partial charge is 0.249 e. The van der Waals surface area contributed by atoms with E-state index in [4.69, 9.17) is 0 Å². The van der Waals surface area contributed by atoms with Crippen molar-refractivity contribution in [3.63, 3.8) is 0 Å². The summed E-state index contributed by atoms with van der Waals surface area (Å²) in [6.45, 7) is 1.09. The van der Waals surface area contributed by atoms with Crippen LogP contribution in [0, 0.1) is 6.92 Å². The normalized spacial score (nSPS) is 12.3. The monoisotopic (exact) mass is 289 g/mol. The molecule has 0 unspecified atom stereocenters. The van der Waals surface area contributed by atoms with Crippen molar-refractivity contribution in [3.05, 3.63) is 27.5 Å². The van der Waals surface area contributed by atoms with Crippen LogP contribution in [0.1, 0.15) is 23.1 Å². The Labute approximate surface area is 90.4 Å². The predicted molar refractivity (Wildman–Crippen MR) is 46.6 cm³/mol. The quantitative estimate of drug-likeness (QED) is 0.560. The predicted octanol–water partition coefficient (Wildman–Crippen LogP) is 4.11. The first-order chi connectivity index (χ1) is 6.75. The second kappa shape index (κ2) is 4.03. The van der Waals surface area contributed by atoms with E-state index in [0.29, 0.717) is 0 Å². The Balaban J connectivity index is 3.53. The van der Waals surface area contributed by atoms with Crippen molar-refractivity contribution in [1.29, 1.82) is 0 Å². The fourth-order valence-corrected chi connectivity index (χ4v) is 1.65. The Morgan fingerprint density at radius 3 is 2.20 bits per heavy atom. The number of alkyl halides is 5. The van der Waals surface area contributed by atoms with Gasteiger partial charge < -0.3 is 0 Å². The topological polar surface area (TPSA) is 12.9 Å². The summed E-state index contributed by atoms with van der Waals surface area (Å²) in [5.41, 5.74) is -2.75. The minimum Gasteiger partial charge on any atom is -0.249 e. The number of aromatic nitrogens is 1. The first-order valence-electron chi connectivity index (χ1n) is 3.75. The number of pyridine rings is 1. The molecule has 0 saturated heterocycles. The molecular formula is C8H5BrF5N. The van der Waals surface area contributed by atoms with Crippen LogP contribution in [-0.4, -0.2) is 4.98 Å². The standard InChI is InChI=1S/C8H5BrF5N/c1-3-2-15-6(9)4(7(10)11)5(3)8(12,13)14/h2,7H,1H3. The van der Waals surface area contributed by atoms with Crippen molar-refractivity contribution in [2.45, 2.75) is 19.5 Å². The Bertz CT molecular complexity index is 374. The van der Waals surface area contributed by atoms with E-state index in [1.54, 1.807) is 0 Å². The van der Waals surface area contributed by atoms with Gasteiger partial charge in [0.1, 0.15) is 4.60 Å². The first-order valence-corrected chi connectivity index (χ1v) is 4.54. The minimum absolute atomic E-state index is 0.319. The molecule has 0 aromatic carbocycles. The lowest BCUT2D eigenvalue weighted by atomic mass is 10.1. The van der Waals surface area contributed by atoms with E-state index in [-0.39, 0.29) is 5.56 Å². The zero-order valence-corrected chi connectivity index (χ0v) is 8.96. The van der Waals surface area contributed by atoms with Crippen LogP contribution in [0.2, 0.25) is 0 Å². The Morgan fingerprint density at radius 1 is 1.33 bits per heavy atom. The van der Waals surface area contributed by atoms with Gasteiger partial charge in [0, 0.05) is 6.20 Å². The first kappa shape index (κ1) is 12.4. The van der Waals surface area contributed by atoms with Crippen LogP contribution in [0.5, 0.6) is 0 Å². The summed E-state index contributed by atoms with van der Waals surface area (Å²) in [6, 6.07) is 0. The van der Waals surface area contributed by atoms with Gasteiger partial charge in [0.05, 0.1) is 11.1 Å². The van der Waals surface area contributed by atoms with Crippen molar-refractivity contribution in [1.82, 2.24) is 4.98 Å². The van der Waals surface area contributed by atoms with E-state index in [2.05, 4.69) is 20.9 Å². The molecule has 1 nitrogen and oxygen atoms in total. The maximum absolute atomic E-state index is 12.5. The summed E-state index contributed by atoms with van der Waals surface area (Å²) in [7, 11) is 0. The summed E-state index contributed by atoms with van der Waals surface area (Å²) in [5, 5.41) is 0. The summed E-state index contributed by atoms with van der Waals surface area (Å²) in [6.07, 6.45) is -7.12. The molecule has 0 radical (unpaired) electrons. The maximum atomic E-state index is 12.5. The van der Waals surface area contributed by atoms with Crippen LogP contribution in [0.15, 0.2) is 10.8 Å². The average molecular weight is 290 g/mol. The molecule has 7 heteroatoms. The van der Waals surface area contributed by atoms with Gasteiger partial charge in [-0.05, 0) is 28.4 Å². The number of hydrogen-bond acceptors (Lipinski definition) is 1. The third-order valence-corrected chi connectivity index (χ3v) is 2.39. The van der Waals surface area contributed by atoms with Gasteiger partial charge in [-0.15, -0.1) is 0 Å².